The Labute approximate surface area is 467 Å². The molecule has 0 saturated heterocycles. The number of rotatable bonds is 32. The fraction of sp³-hybridized carbons (Fsp3) is 0.533. The smallest absolute Gasteiger partial charge is 0.305 e. The molecule has 0 fully saturated rings. The molecule has 0 saturated carbocycles. The average molecular weight is 1110 g/mol. The van der Waals surface area contributed by atoms with Crippen molar-refractivity contribution < 1.29 is 76.3 Å². The van der Waals surface area contributed by atoms with Crippen LogP contribution in [0.3, 0.4) is 0 Å². The summed E-state index contributed by atoms with van der Waals surface area (Å²) in [4.78, 5) is 119. The number of aromatic nitrogens is 4. The molecule has 0 spiro atoms. The molecule has 3 aromatic heterocycles. The molecule has 2 aliphatic rings. The van der Waals surface area contributed by atoms with Gasteiger partial charge in [-0.05, 0) is 172 Å². The molecule has 2 N–H and O–H groups in total. The van der Waals surface area contributed by atoms with Crippen molar-refractivity contribution in [3.05, 3.63) is 69.3 Å². The van der Waals surface area contributed by atoms with Gasteiger partial charge in [-0.1, -0.05) is 0 Å². The molecule has 20 nitrogen and oxygen atoms in total. The highest BCUT2D eigenvalue weighted by Gasteiger charge is 2.27. The number of fused-ring (bicyclic) bond motifs is 8. The summed E-state index contributed by atoms with van der Waals surface area (Å²) >= 11 is 0. The Morgan fingerprint density at radius 1 is 0.287 bits per heavy atom. The zero-order chi connectivity index (χ0) is 58.1. The van der Waals surface area contributed by atoms with Crippen molar-refractivity contribution in [1.82, 2.24) is 19.9 Å². The van der Waals surface area contributed by atoms with Gasteiger partial charge in [0.05, 0.1) is 79.7 Å². The third kappa shape index (κ3) is 18.2. The van der Waals surface area contributed by atoms with Crippen molar-refractivity contribution in [2.45, 2.75) is 154 Å². The zero-order valence-corrected chi connectivity index (χ0v) is 47.7. The van der Waals surface area contributed by atoms with Gasteiger partial charge in [-0.3, -0.25) is 38.4 Å². The number of allylic oxidation sites excluding steroid dienone is 4. The third-order valence-corrected chi connectivity index (χ3v) is 14.4. The van der Waals surface area contributed by atoms with Crippen LogP contribution in [-0.2, 0) is 102 Å². The first-order chi connectivity index (χ1) is 38.6. The van der Waals surface area contributed by atoms with Gasteiger partial charge in [0, 0.05) is 73.4 Å². The second-order valence-corrected chi connectivity index (χ2v) is 19.5. The predicted molar refractivity (Wildman–Crippen MR) is 298 cm³/mol. The minimum Gasteiger partial charge on any atom is -0.469 e. The van der Waals surface area contributed by atoms with E-state index in [4.69, 9.17) is 47.9 Å². The van der Waals surface area contributed by atoms with Crippen LogP contribution in [0.2, 0.25) is 0 Å². The minimum atomic E-state index is -0.378. The lowest BCUT2D eigenvalue weighted by Gasteiger charge is -2.10. The number of aryl methyl sites for hydroxylation is 4. The third-order valence-electron chi connectivity index (χ3n) is 14.4. The Balaban J connectivity index is 2.04. The highest BCUT2D eigenvalue weighted by molar-refractivity contribution is 5.97. The maximum Gasteiger partial charge on any atom is 0.305 e. The molecule has 434 valence electrons. The van der Waals surface area contributed by atoms with Crippen LogP contribution in [0.4, 0.5) is 0 Å². The summed E-state index contributed by atoms with van der Waals surface area (Å²) in [5.74, 6) is -2.99. The molecular weight excluding hydrogens is 1030 g/mol. The number of carbonyl (C=O) groups excluding carboxylic acids is 8. The molecule has 0 amide bonds. The summed E-state index contributed by atoms with van der Waals surface area (Å²) in [5.41, 5.74) is 12.0. The van der Waals surface area contributed by atoms with Crippen molar-refractivity contribution in [2.24, 2.45) is 0 Å². The van der Waals surface area contributed by atoms with Crippen LogP contribution in [0.15, 0.2) is 24.3 Å². The molecule has 0 atom stereocenters. The van der Waals surface area contributed by atoms with Gasteiger partial charge in [0.2, 0.25) is 0 Å². The Bertz CT molecular complexity index is 2770. The van der Waals surface area contributed by atoms with E-state index in [1.54, 1.807) is 0 Å². The van der Waals surface area contributed by atoms with E-state index in [2.05, 4.69) is 9.97 Å². The standard InChI is InChI=1S/C60H78N4O16/c1-73-53(65)25-9-17-37-38(18-10-26-54(66)74-2)46-34-48-41(21-13-29-57(69)77-5)42(22-14-30-58(70)78-6)50(63-48)36-52-44(24-16-32-60(72)80-8)43(23-15-31-59(71)79-7)51(64-52)35-49-40(20-12-28-56(68)76-4)39(19-11-27-55(67)75-3)47(62-49)33-45(37)61-46/h33-36,61-62H,9-32H2,1-8H3. The Morgan fingerprint density at radius 3 is 0.688 bits per heavy atom. The second kappa shape index (κ2) is 32.4. The SMILES string of the molecule is COC(=O)CCCC1=C(CCCC(=O)OC)c2cc3[nH]c(cc4[nH]c(cc5nc(cc1n2)C(CCCC(=O)OC)=C5CCCC(=O)OC)c(CCCC(=O)OC)c4CCCC(=O)OC)c(CCCC(=O)OC)c3CCCC(=O)OC. The number of hydrogen-bond acceptors (Lipinski definition) is 18. The maximum absolute atomic E-state index is 12.6. The van der Waals surface area contributed by atoms with Crippen LogP contribution >= 0.6 is 0 Å². The number of carbonyl (C=O) groups is 8. The van der Waals surface area contributed by atoms with Gasteiger partial charge >= 0.3 is 47.8 Å². The quantitative estimate of drug-likeness (QED) is 0.0435. The Morgan fingerprint density at radius 2 is 0.475 bits per heavy atom. The number of esters is 8. The number of aromatic amines is 2. The fourth-order valence-electron chi connectivity index (χ4n) is 10.3. The summed E-state index contributed by atoms with van der Waals surface area (Å²) in [6, 6.07) is 7.88. The van der Waals surface area contributed by atoms with E-state index in [0.29, 0.717) is 148 Å². The first kappa shape index (κ1) is 63.2. The predicted octanol–water partition coefficient (Wildman–Crippen LogP) is 9.49. The summed E-state index contributed by atoms with van der Waals surface area (Å²) in [6.45, 7) is 0. The molecule has 8 bridgehead atoms. The monoisotopic (exact) mass is 1110 g/mol. The maximum atomic E-state index is 12.6. The van der Waals surface area contributed by atoms with Gasteiger partial charge in [-0.15, -0.1) is 0 Å². The van der Waals surface area contributed by atoms with E-state index >= 15 is 0 Å². The summed E-state index contributed by atoms with van der Waals surface area (Å²) in [5, 5.41) is 0. The number of nitrogens with zero attached hydrogens (tertiary/aromatic N) is 2. The van der Waals surface area contributed by atoms with E-state index in [1.165, 1.54) is 56.9 Å². The Hall–Kier alpha value is -7.64. The molecule has 0 unspecified atom stereocenters. The molecule has 3 aromatic rings. The van der Waals surface area contributed by atoms with E-state index in [9.17, 15) is 38.4 Å². The number of nitrogens with one attached hydrogen (secondary N) is 2. The lowest BCUT2D eigenvalue weighted by molar-refractivity contribution is -0.141. The van der Waals surface area contributed by atoms with E-state index < -0.39 is 0 Å². The van der Waals surface area contributed by atoms with Gasteiger partial charge in [0.25, 0.3) is 0 Å². The van der Waals surface area contributed by atoms with Crippen molar-refractivity contribution in [2.75, 3.05) is 56.9 Å². The van der Waals surface area contributed by atoms with Crippen molar-refractivity contribution >= 4 is 92.1 Å². The van der Waals surface area contributed by atoms with Gasteiger partial charge < -0.3 is 47.9 Å². The number of methoxy groups -OCH3 is 8. The number of H-pyrrole nitrogens is 2. The molecule has 80 heavy (non-hydrogen) atoms. The first-order valence-electron chi connectivity index (χ1n) is 27.4. The van der Waals surface area contributed by atoms with Gasteiger partial charge in [0.15, 0.2) is 0 Å². The zero-order valence-electron chi connectivity index (χ0n) is 47.7. The molecule has 0 radical (unpaired) electrons. The lowest BCUT2D eigenvalue weighted by Crippen LogP contribution is -2.03. The van der Waals surface area contributed by atoms with E-state index in [1.807, 2.05) is 24.3 Å². The van der Waals surface area contributed by atoms with Gasteiger partial charge in [0.1, 0.15) is 0 Å². The van der Waals surface area contributed by atoms with E-state index in [0.717, 1.165) is 44.5 Å². The van der Waals surface area contributed by atoms with Crippen LogP contribution in [0, 0.1) is 0 Å². The largest absolute Gasteiger partial charge is 0.469 e. The van der Waals surface area contributed by atoms with Crippen LogP contribution < -0.4 is 0 Å². The Kier molecular flexibility index (Phi) is 25.6. The molecule has 20 heteroatoms. The molecule has 2 aliphatic heterocycles. The normalized spacial score (nSPS) is 12.0. The van der Waals surface area contributed by atoms with Gasteiger partial charge in [-0.25, -0.2) is 9.97 Å². The summed E-state index contributed by atoms with van der Waals surface area (Å²) in [7, 11) is 10.7. The number of ether oxygens (including phenoxy) is 8. The summed E-state index contributed by atoms with van der Waals surface area (Å²) < 4.78 is 40.4. The van der Waals surface area contributed by atoms with Crippen molar-refractivity contribution in [1.29, 1.82) is 0 Å². The topological polar surface area (TPSA) is 268 Å². The molecule has 0 aliphatic carbocycles. The highest BCUT2D eigenvalue weighted by atomic mass is 16.5. The molecule has 0 aromatic carbocycles. The fourth-order valence-corrected chi connectivity index (χ4v) is 10.3. The van der Waals surface area contributed by atoms with Crippen LogP contribution in [0.5, 0.6) is 0 Å². The minimum absolute atomic E-state index is 0.123. The second-order valence-electron chi connectivity index (χ2n) is 19.5. The lowest BCUT2D eigenvalue weighted by atomic mass is 9.93. The highest BCUT2D eigenvalue weighted by Crippen LogP contribution is 2.42. The van der Waals surface area contributed by atoms with Crippen LogP contribution in [-0.4, -0.2) is 125 Å². The average Bonchev–Trinajstić information content (AvgIpc) is 4.19. The molecular formula is C60H78N4O16. The van der Waals surface area contributed by atoms with Gasteiger partial charge in [-0.2, -0.15) is 0 Å². The van der Waals surface area contributed by atoms with Crippen LogP contribution in [0.25, 0.3) is 44.4 Å². The summed E-state index contributed by atoms with van der Waals surface area (Å²) in [6.07, 6.45) is 7.62. The number of hydrogen-bond donors (Lipinski definition) is 2. The molecule has 5 rings (SSSR count). The van der Waals surface area contributed by atoms with Crippen LogP contribution in [0.1, 0.15) is 173 Å². The van der Waals surface area contributed by atoms with Crippen molar-refractivity contribution in [3.63, 3.8) is 0 Å². The first-order valence-corrected chi connectivity index (χ1v) is 27.4. The molecule has 5 heterocycles. The van der Waals surface area contributed by atoms with Crippen molar-refractivity contribution in [3.8, 4) is 0 Å². The van der Waals surface area contributed by atoms with E-state index in [-0.39, 0.29) is 99.1 Å².